The van der Waals surface area contributed by atoms with E-state index in [0.29, 0.717) is 11.3 Å². The van der Waals surface area contributed by atoms with Crippen molar-refractivity contribution in [1.29, 1.82) is 0 Å². The molecule has 0 aliphatic carbocycles. The van der Waals surface area contributed by atoms with Crippen LogP contribution in [0.2, 0.25) is 0 Å². The minimum Gasteiger partial charge on any atom is -0.490 e. The molecule has 4 nitrogen and oxygen atoms in total. The van der Waals surface area contributed by atoms with Crippen molar-refractivity contribution in [3.05, 3.63) is 42.0 Å². The van der Waals surface area contributed by atoms with Crippen molar-refractivity contribution in [2.45, 2.75) is 13.0 Å². The Labute approximate surface area is 111 Å². The smallest absolute Gasteiger partial charge is 0.164 e. The summed E-state index contributed by atoms with van der Waals surface area (Å²) in [6.45, 7) is 1.71. The fraction of sp³-hybridized carbons (Fsp3) is 0.267. The van der Waals surface area contributed by atoms with Crippen molar-refractivity contribution < 1.29 is 14.6 Å². The van der Waals surface area contributed by atoms with Gasteiger partial charge in [-0.05, 0) is 23.8 Å². The third-order valence-corrected chi connectivity index (χ3v) is 2.95. The van der Waals surface area contributed by atoms with E-state index in [1.54, 1.807) is 6.07 Å². The normalized spacial score (nSPS) is 12.4. The van der Waals surface area contributed by atoms with Crippen molar-refractivity contribution in [2.75, 3.05) is 13.2 Å². The molecular weight excluding hydrogens is 242 g/mol. The van der Waals surface area contributed by atoms with Crippen molar-refractivity contribution >= 4 is 16.6 Å². The molecule has 3 N–H and O–H groups in total. The summed E-state index contributed by atoms with van der Waals surface area (Å²) in [4.78, 5) is 11.8. The SMILES string of the molecule is CC(=O)c1c(OC[C@H](O)CN)ccc2ccccc12. The highest BCUT2D eigenvalue weighted by atomic mass is 16.5. The molecule has 0 unspecified atom stereocenters. The lowest BCUT2D eigenvalue weighted by Gasteiger charge is -2.14. The van der Waals surface area contributed by atoms with E-state index >= 15 is 0 Å². The Hall–Kier alpha value is -1.91. The molecule has 0 saturated heterocycles. The van der Waals surface area contributed by atoms with Gasteiger partial charge in [-0.3, -0.25) is 4.79 Å². The van der Waals surface area contributed by atoms with Crippen LogP contribution in [0.4, 0.5) is 0 Å². The molecule has 0 aliphatic heterocycles. The fourth-order valence-corrected chi connectivity index (χ4v) is 1.99. The number of ether oxygens (including phenoxy) is 1. The van der Waals surface area contributed by atoms with Crippen LogP contribution in [0.15, 0.2) is 36.4 Å². The zero-order chi connectivity index (χ0) is 13.8. The average Bonchev–Trinajstić information content (AvgIpc) is 2.43. The quantitative estimate of drug-likeness (QED) is 0.802. The second-order valence-electron chi connectivity index (χ2n) is 4.42. The highest BCUT2D eigenvalue weighted by Gasteiger charge is 2.14. The highest BCUT2D eigenvalue weighted by Crippen LogP contribution is 2.28. The maximum absolute atomic E-state index is 11.8. The second kappa shape index (κ2) is 5.82. The summed E-state index contributed by atoms with van der Waals surface area (Å²) in [6, 6.07) is 11.3. The number of rotatable bonds is 5. The predicted octanol–water partition coefficient (Wildman–Crippen LogP) is 1.74. The van der Waals surface area contributed by atoms with Gasteiger partial charge in [0.25, 0.3) is 0 Å². The van der Waals surface area contributed by atoms with Gasteiger partial charge in [0.15, 0.2) is 5.78 Å². The van der Waals surface area contributed by atoms with E-state index in [1.807, 2.05) is 30.3 Å². The zero-order valence-electron chi connectivity index (χ0n) is 10.8. The van der Waals surface area contributed by atoms with E-state index < -0.39 is 6.10 Å². The van der Waals surface area contributed by atoms with Crippen molar-refractivity contribution in [1.82, 2.24) is 0 Å². The molecule has 2 aromatic rings. The van der Waals surface area contributed by atoms with Gasteiger partial charge in [-0.25, -0.2) is 0 Å². The first-order chi connectivity index (χ1) is 9.13. The first-order valence-electron chi connectivity index (χ1n) is 6.17. The molecule has 19 heavy (non-hydrogen) atoms. The van der Waals surface area contributed by atoms with Crippen LogP contribution in [-0.2, 0) is 0 Å². The number of nitrogens with two attached hydrogens (primary N) is 1. The zero-order valence-corrected chi connectivity index (χ0v) is 10.8. The van der Waals surface area contributed by atoms with Crippen molar-refractivity contribution in [2.24, 2.45) is 5.73 Å². The number of benzene rings is 2. The molecule has 0 heterocycles. The van der Waals surface area contributed by atoms with Crippen LogP contribution in [-0.4, -0.2) is 30.1 Å². The molecule has 0 amide bonds. The van der Waals surface area contributed by atoms with Gasteiger partial charge in [0.2, 0.25) is 0 Å². The number of fused-ring (bicyclic) bond motifs is 1. The number of aliphatic hydroxyl groups excluding tert-OH is 1. The van der Waals surface area contributed by atoms with Crippen LogP contribution in [0.25, 0.3) is 10.8 Å². The molecular formula is C15H17NO3. The highest BCUT2D eigenvalue weighted by molar-refractivity contribution is 6.09. The lowest BCUT2D eigenvalue weighted by atomic mass is 10.0. The third-order valence-electron chi connectivity index (χ3n) is 2.95. The van der Waals surface area contributed by atoms with Gasteiger partial charge in [0.05, 0.1) is 5.56 Å². The molecule has 2 rings (SSSR count). The number of ketones is 1. The molecule has 0 aromatic heterocycles. The number of carbonyl (C=O) groups is 1. The fourth-order valence-electron chi connectivity index (χ4n) is 1.99. The Morgan fingerprint density at radius 2 is 2.05 bits per heavy atom. The summed E-state index contributed by atoms with van der Waals surface area (Å²) in [5.41, 5.74) is 5.87. The van der Waals surface area contributed by atoms with Crippen LogP contribution in [0.5, 0.6) is 5.75 Å². The molecule has 1 atom stereocenters. The van der Waals surface area contributed by atoms with Gasteiger partial charge in [0.1, 0.15) is 18.5 Å². The first-order valence-corrected chi connectivity index (χ1v) is 6.17. The Balaban J connectivity index is 2.43. The van der Waals surface area contributed by atoms with E-state index in [1.165, 1.54) is 6.92 Å². The molecule has 100 valence electrons. The number of hydrogen-bond acceptors (Lipinski definition) is 4. The van der Waals surface area contributed by atoms with E-state index in [2.05, 4.69) is 0 Å². The molecule has 4 heteroatoms. The van der Waals surface area contributed by atoms with Gasteiger partial charge < -0.3 is 15.6 Å². The van der Waals surface area contributed by atoms with Gasteiger partial charge in [0, 0.05) is 6.54 Å². The monoisotopic (exact) mass is 259 g/mol. The Kier molecular flexibility index (Phi) is 4.14. The molecule has 0 bridgehead atoms. The van der Waals surface area contributed by atoms with E-state index in [0.717, 1.165) is 10.8 Å². The first kappa shape index (κ1) is 13.5. The summed E-state index contributed by atoms with van der Waals surface area (Å²) in [7, 11) is 0. The maximum atomic E-state index is 11.8. The van der Waals surface area contributed by atoms with Crippen LogP contribution >= 0.6 is 0 Å². The Morgan fingerprint density at radius 1 is 1.32 bits per heavy atom. The number of hydrogen-bond donors (Lipinski definition) is 2. The van der Waals surface area contributed by atoms with Gasteiger partial charge in [-0.15, -0.1) is 0 Å². The summed E-state index contributed by atoms with van der Waals surface area (Å²) in [5, 5.41) is 11.3. The summed E-state index contributed by atoms with van der Waals surface area (Å²) < 4.78 is 5.51. The minimum atomic E-state index is -0.730. The molecule has 0 fully saturated rings. The minimum absolute atomic E-state index is 0.0611. The predicted molar refractivity (Wildman–Crippen MR) is 74.5 cm³/mol. The van der Waals surface area contributed by atoms with E-state index in [4.69, 9.17) is 10.5 Å². The van der Waals surface area contributed by atoms with Crippen molar-refractivity contribution in [3.8, 4) is 5.75 Å². The average molecular weight is 259 g/mol. The van der Waals surface area contributed by atoms with E-state index in [9.17, 15) is 9.90 Å². The number of aliphatic hydroxyl groups is 1. The number of Topliss-reactive ketones (excluding diaryl/α,β-unsaturated/α-hetero) is 1. The summed E-state index contributed by atoms with van der Waals surface area (Å²) in [5.74, 6) is 0.424. The topological polar surface area (TPSA) is 72.5 Å². The molecule has 0 saturated carbocycles. The van der Waals surface area contributed by atoms with E-state index in [-0.39, 0.29) is 18.9 Å². The lowest BCUT2D eigenvalue weighted by Crippen LogP contribution is -2.26. The third kappa shape index (κ3) is 2.92. The van der Waals surface area contributed by atoms with Crippen LogP contribution < -0.4 is 10.5 Å². The van der Waals surface area contributed by atoms with Crippen LogP contribution in [0.1, 0.15) is 17.3 Å². The Morgan fingerprint density at radius 3 is 2.74 bits per heavy atom. The Bertz CT molecular complexity index is 595. The summed E-state index contributed by atoms with van der Waals surface area (Å²) >= 11 is 0. The summed E-state index contributed by atoms with van der Waals surface area (Å²) in [6.07, 6.45) is -0.730. The maximum Gasteiger partial charge on any atom is 0.164 e. The second-order valence-corrected chi connectivity index (χ2v) is 4.42. The van der Waals surface area contributed by atoms with Crippen molar-refractivity contribution in [3.63, 3.8) is 0 Å². The van der Waals surface area contributed by atoms with Gasteiger partial charge in [-0.2, -0.15) is 0 Å². The number of carbonyl (C=O) groups excluding carboxylic acids is 1. The van der Waals surface area contributed by atoms with Crippen LogP contribution in [0, 0.1) is 0 Å². The molecule has 0 spiro atoms. The molecule has 0 radical (unpaired) electrons. The largest absolute Gasteiger partial charge is 0.490 e. The van der Waals surface area contributed by atoms with Gasteiger partial charge >= 0.3 is 0 Å². The molecule has 2 aromatic carbocycles. The lowest BCUT2D eigenvalue weighted by molar-refractivity contribution is 0.0990. The van der Waals surface area contributed by atoms with Crippen LogP contribution in [0.3, 0.4) is 0 Å². The molecule has 0 aliphatic rings. The van der Waals surface area contributed by atoms with Gasteiger partial charge in [-0.1, -0.05) is 30.3 Å². The standard InChI is InChI=1S/C15H17NO3/c1-10(17)15-13-5-3-2-4-11(13)6-7-14(15)19-9-12(18)8-16/h2-7,12,18H,8-9,16H2,1H3/t12-/m1/s1.